The first-order valence-electron chi connectivity index (χ1n) is 11.5. The molecule has 0 aromatic heterocycles. The number of aliphatic imine (C=N–C) groups is 2. The fourth-order valence-corrected chi connectivity index (χ4v) is 3.82. The number of hydrogen-bond donors (Lipinski definition) is 2. The number of benzene rings is 2. The van der Waals surface area contributed by atoms with E-state index in [-0.39, 0.29) is 17.3 Å². The van der Waals surface area contributed by atoms with Crippen LogP contribution in [0, 0.1) is 0 Å². The molecule has 2 amide bonds. The fraction of sp³-hybridized carbons (Fsp3) is 0.259. The minimum absolute atomic E-state index is 0.00563. The summed E-state index contributed by atoms with van der Waals surface area (Å²) < 4.78 is 0. The highest BCUT2D eigenvalue weighted by Crippen LogP contribution is 2.27. The van der Waals surface area contributed by atoms with Crippen LogP contribution in [0.5, 0.6) is 0 Å². The smallest absolute Gasteiger partial charge is 0.281 e. The van der Waals surface area contributed by atoms with E-state index in [9.17, 15) is 9.59 Å². The van der Waals surface area contributed by atoms with Crippen LogP contribution in [0.25, 0.3) is 0 Å². The summed E-state index contributed by atoms with van der Waals surface area (Å²) in [4.78, 5) is 36.4. The second-order valence-electron chi connectivity index (χ2n) is 8.20. The van der Waals surface area contributed by atoms with Crippen molar-refractivity contribution in [1.82, 2.24) is 0 Å². The number of halogens is 1. The molecule has 0 saturated carbocycles. The van der Waals surface area contributed by atoms with E-state index < -0.39 is 5.91 Å². The Bertz CT molecular complexity index is 1180. The average molecular weight is 492 g/mol. The van der Waals surface area contributed by atoms with E-state index in [0.717, 1.165) is 37.2 Å². The van der Waals surface area contributed by atoms with Crippen LogP contribution in [0.15, 0.2) is 77.4 Å². The first-order chi connectivity index (χ1) is 16.9. The van der Waals surface area contributed by atoms with Crippen LogP contribution in [0.1, 0.15) is 52.5 Å². The number of carbonyl (C=O) groups is 2. The highest BCUT2D eigenvalue weighted by atomic mass is 35.5. The van der Waals surface area contributed by atoms with Gasteiger partial charge in [0.05, 0.1) is 11.3 Å². The molecule has 35 heavy (non-hydrogen) atoms. The molecule has 1 fully saturated rings. The van der Waals surface area contributed by atoms with Gasteiger partial charge >= 0.3 is 0 Å². The van der Waals surface area contributed by atoms with Gasteiger partial charge in [-0.15, -0.1) is 11.6 Å². The van der Waals surface area contributed by atoms with Crippen molar-refractivity contribution in [2.75, 3.05) is 23.3 Å². The van der Waals surface area contributed by atoms with E-state index >= 15 is 0 Å². The Kier molecular flexibility index (Phi) is 9.38. The van der Waals surface area contributed by atoms with E-state index in [0.29, 0.717) is 22.8 Å². The quantitative estimate of drug-likeness (QED) is 0.296. The molecule has 3 N–H and O–H groups in total. The number of nitrogens with two attached hydrogens (primary N) is 1. The van der Waals surface area contributed by atoms with Gasteiger partial charge in [-0.25, -0.2) is 0 Å². The molecular weight excluding hydrogens is 462 g/mol. The summed E-state index contributed by atoms with van der Waals surface area (Å²) in [6.07, 6.45) is 7.89. The summed E-state index contributed by atoms with van der Waals surface area (Å²) in [6, 6.07) is 12.4. The monoisotopic (exact) mass is 491 g/mol. The van der Waals surface area contributed by atoms with Gasteiger partial charge in [0.1, 0.15) is 5.84 Å². The fourth-order valence-electron chi connectivity index (χ4n) is 3.66. The zero-order chi connectivity index (χ0) is 25.2. The molecule has 1 aliphatic rings. The summed E-state index contributed by atoms with van der Waals surface area (Å²) in [5, 5.41) is 2.85. The first kappa shape index (κ1) is 25.9. The van der Waals surface area contributed by atoms with E-state index in [4.69, 9.17) is 17.3 Å². The van der Waals surface area contributed by atoms with Crippen molar-refractivity contribution in [1.29, 1.82) is 0 Å². The molecule has 2 aromatic rings. The van der Waals surface area contributed by atoms with Crippen molar-refractivity contribution in [2.24, 2.45) is 15.7 Å². The van der Waals surface area contributed by atoms with Gasteiger partial charge in [-0.2, -0.15) is 4.99 Å². The molecule has 0 atom stereocenters. The lowest BCUT2D eigenvalue weighted by molar-refractivity contribution is 0.100. The van der Waals surface area contributed by atoms with Gasteiger partial charge < -0.3 is 16.0 Å². The molecule has 3 rings (SSSR count). The zero-order valence-electron chi connectivity index (χ0n) is 19.8. The lowest BCUT2D eigenvalue weighted by Crippen LogP contribution is -2.29. The summed E-state index contributed by atoms with van der Waals surface area (Å²) in [6.45, 7) is 7.26. The van der Waals surface area contributed by atoms with Crippen molar-refractivity contribution >= 4 is 46.3 Å². The first-order valence-corrected chi connectivity index (χ1v) is 12.0. The van der Waals surface area contributed by atoms with Crippen LogP contribution in [0.4, 0.5) is 11.4 Å². The minimum atomic E-state index is -0.555. The predicted octanol–water partition coefficient (Wildman–Crippen LogP) is 5.33. The predicted molar refractivity (Wildman–Crippen MR) is 145 cm³/mol. The van der Waals surface area contributed by atoms with Gasteiger partial charge in [0.25, 0.3) is 11.8 Å². The number of hydrogen-bond acceptors (Lipinski definition) is 4. The molecule has 0 bridgehead atoms. The maximum atomic E-state index is 13.1. The van der Waals surface area contributed by atoms with E-state index in [1.807, 2.05) is 12.1 Å². The topological polar surface area (TPSA) is 100 Å². The van der Waals surface area contributed by atoms with E-state index in [1.165, 1.54) is 18.7 Å². The standard InChI is InChI=1S/C27H30ClN5O2/c1-3-19(2)30-13-12-25(29)32-27(35)23-17-22(33-14-5-4-6-15-33)10-11-24(23)31-26(34)21-9-7-8-20(16-21)18-28/h3,7-13,16-17H,1,4-6,14-15,18H2,2H3,(H,31,34)(H2,29,32,35)/b13-12-,30-19?. The number of nitrogens with zero attached hydrogens (tertiary/aromatic N) is 3. The Labute approximate surface area is 211 Å². The summed E-state index contributed by atoms with van der Waals surface area (Å²) in [5.41, 5.74) is 9.44. The second-order valence-corrected chi connectivity index (χ2v) is 8.47. The Morgan fingerprint density at radius 3 is 2.66 bits per heavy atom. The van der Waals surface area contributed by atoms with Crippen LogP contribution in [0.2, 0.25) is 0 Å². The number of amides is 2. The van der Waals surface area contributed by atoms with E-state index in [2.05, 4.69) is 26.8 Å². The molecule has 2 aromatic carbocycles. The highest BCUT2D eigenvalue weighted by Gasteiger charge is 2.18. The molecule has 0 spiro atoms. The lowest BCUT2D eigenvalue weighted by Gasteiger charge is -2.29. The molecular formula is C27H30ClN5O2. The molecule has 0 unspecified atom stereocenters. The van der Waals surface area contributed by atoms with Gasteiger partial charge in [0.2, 0.25) is 0 Å². The van der Waals surface area contributed by atoms with Crippen LogP contribution < -0.4 is 16.0 Å². The Morgan fingerprint density at radius 1 is 1.17 bits per heavy atom. The number of amidine groups is 1. The largest absolute Gasteiger partial charge is 0.384 e. The molecule has 1 saturated heterocycles. The number of alkyl halides is 1. The van der Waals surface area contributed by atoms with Crippen LogP contribution in [0.3, 0.4) is 0 Å². The second kappa shape index (κ2) is 12.7. The lowest BCUT2D eigenvalue weighted by atomic mass is 10.1. The third-order valence-corrected chi connectivity index (χ3v) is 5.90. The maximum absolute atomic E-state index is 13.1. The van der Waals surface area contributed by atoms with Crippen LogP contribution in [-0.2, 0) is 5.88 Å². The molecule has 8 heteroatoms. The van der Waals surface area contributed by atoms with Gasteiger partial charge in [-0.1, -0.05) is 18.7 Å². The molecule has 0 radical (unpaired) electrons. The van der Waals surface area contributed by atoms with Crippen LogP contribution in [-0.4, -0.2) is 36.5 Å². The van der Waals surface area contributed by atoms with E-state index in [1.54, 1.807) is 43.3 Å². The number of carbonyl (C=O) groups excluding carboxylic acids is 2. The molecule has 7 nitrogen and oxygen atoms in total. The minimum Gasteiger partial charge on any atom is -0.384 e. The number of anilines is 2. The number of piperidine rings is 1. The summed E-state index contributed by atoms with van der Waals surface area (Å²) >= 11 is 5.91. The number of allylic oxidation sites excluding steroid dienone is 1. The van der Waals surface area contributed by atoms with Crippen molar-refractivity contribution in [3.05, 3.63) is 84.1 Å². The maximum Gasteiger partial charge on any atom is 0.281 e. The van der Waals surface area contributed by atoms with Gasteiger partial charge in [-0.05, 0) is 74.2 Å². The van der Waals surface area contributed by atoms with Crippen molar-refractivity contribution < 1.29 is 9.59 Å². The SMILES string of the molecule is C=CC(C)=N/C=C\C(N)=NC(=O)c1cc(N2CCCCC2)ccc1NC(=O)c1cccc(CCl)c1. The molecule has 182 valence electrons. The van der Waals surface area contributed by atoms with Crippen LogP contribution >= 0.6 is 11.6 Å². The average Bonchev–Trinajstić information content (AvgIpc) is 2.89. The summed E-state index contributed by atoms with van der Waals surface area (Å²) in [5.74, 6) is -0.595. The van der Waals surface area contributed by atoms with Crippen molar-refractivity contribution in [2.45, 2.75) is 32.1 Å². The van der Waals surface area contributed by atoms with Gasteiger partial charge in [0, 0.05) is 42.1 Å². The third-order valence-electron chi connectivity index (χ3n) is 5.60. The molecule has 0 aliphatic carbocycles. The normalized spacial score (nSPS) is 14.7. The third kappa shape index (κ3) is 7.39. The zero-order valence-corrected chi connectivity index (χ0v) is 20.6. The highest BCUT2D eigenvalue weighted by molar-refractivity contribution is 6.17. The Hall–Kier alpha value is -3.71. The molecule has 1 aliphatic heterocycles. The van der Waals surface area contributed by atoms with Crippen molar-refractivity contribution in [3.63, 3.8) is 0 Å². The molecule has 1 heterocycles. The number of rotatable bonds is 8. The summed E-state index contributed by atoms with van der Waals surface area (Å²) in [7, 11) is 0. The van der Waals surface area contributed by atoms with Gasteiger partial charge in [0.15, 0.2) is 0 Å². The number of nitrogens with one attached hydrogen (secondary N) is 1. The van der Waals surface area contributed by atoms with Gasteiger partial charge in [-0.3, -0.25) is 14.6 Å². The Balaban J connectivity index is 1.92. The Morgan fingerprint density at radius 2 is 1.94 bits per heavy atom. The van der Waals surface area contributed by atoms with Crippen molar-refractivity contribution in [3.8, 4) is 0 Å².